The van der Waals surface area contributed by atoms with Gasteiger partial charge in [0.25, 0.3) is 0 Å². The molecule has 122 valence electrons. The first-order valence-corrected chi connectivity index (χ1v) is 7.80. The molecule has 3 rings (SSSR count). The molecule has 23 heavy (non-hydrogen) atoms. The third kappa shape index (κ3) is 3.87. The molecule has 2 aromatic heterocycles. The summed E-state index contributed by atoms with van der Waals surface area (Å²) >= 11 is 0. The summed E-state index contributed by atoms with van der Waals surface area (Å²) in [5.41, 5.74) is 0. The van der Waals surface area contributed by atoms with Gasteiger partial charge in [-0.3, -0.25) is 10.1 Å². The van der Waals surface area contributed by atoms with E-state index in [2.05, 4.69) is 20.2 Å². The van der Waals surface area contributed by atoms with Gasteiger partial charge in [0.1, 0.15) is 5.76 Å². The van der Waals surface area contributed by atoms with E-state index in [0.29, 0.717) is 19.6 Å². The van der Waals surface area contributed by atoms with Crippen molar-refractivity contribution >= 4 is 11.9 Å². The van der Waals surface area contributed by atoms with Crippen LogP contribution < -0.4 is 10.2 Å². The number of nitrogens with one attached hydrogen (secondary N) is 1. The highest BCUT2D eigenvalue weighted by molar-refractivity contribution is 5.78. The number of piperazine rings is 1. The summed E-state index contributed by atoms with van der Waals surface area (Å²) in [4.78, 5) is 24.8. The van der Waals surface area contributed by atoms with Crippen molar-refractivity contribution in [3.05, 3.63) is 42.6 Å². The van der Waals surface area contributed by atoms with Crippen LogP contribution in [0.3, 0.4) is 0 Å². The molecule has 0 unspecified atom stereocenters. The molecular formula is C16H21N5O2. The van der Waals surface area contributed by atoms with E-state index in [-0.39, 0.29) is 11.9 Å². The van der Waals surface area contributed by atoms with Gasteiger partial charge in [-0.15, -0.1) is 0 Å². The Labute approximate surface area is 135 Å². The number of carbonyl (C=O) groups excluding carboxylic acids is 1. The quantitative estimate of drug-likeness (QED) is 0.889. The lowest BCUT2D eigenvalue weighted by atomic mass is 10.2. The van der Waals surface area contributed by atoms with Crippen LogP contribution in [-0.4, -0.2) is 53.5 Å². The largest absolute Gasteiger partial charge is 0.468 e. The van der Waals surface area contributed by atoms with E-state index in [0.717, 1.165) is 24.8 Å². The van der Waals surface area contributed by atoms with E-state index < -0.39 is 0 Å². The van der Waals surface area contributed by atoms with Crippen molar-refractivity contribution in [2.24, 2.45) is 0 Å². The minimum Gasteiger partial charge on any atom is -0.468 e. The molecule has 0 bridgehead atoms. The molecule has 0 aromatic carbocycles. The van der Waals surface area contributed by atoms with Crippen LogP contribution in [0.5, 0.6) is 0 Å². The van der Waals surface area contributed by atoms with Gasteiger partial charge in [-0.05, 0) is 25.1 Å². The molecule has 7 nitrogen and oxygen atoms in total. The maximum absolute atomic E-state index is 12.3. The van der Waals surface area contributed by atoms with Crippen LogP contribution in [0.25, 0.3) is 0 Å². The van der Waals surface area contributed by atoms with Crippen molar-refractivity contribution in [1.82, 2.24) is 20.2 Å². The molecule has 1 aliphatic heterocycles. The maximum atomic E-state index is 12.3. The number of rotatable bonds is 5. The van der Waals surface area contributed by atoms with Crippen LogP contribution in [0, 0.1) is 0 Å². The Bertz CT molecular complexity index is 609. The first-order chi connectivity index (χ1) is 11.2. The zero-order chi connectivity index (χ0) is 16.1. The van der Waals surface area contributed by atoms with Crippen LogP contribution in [0.1, 0.15) is 18.7 Å². The smallest absolute Gasteiger partial charge is 0.236 e. The van der Waals surface area contributed by atoms with Gasteiger partial charge < -0.3 is 14.2 Å². The molecule has 1 aliphatic rings. The minimum absolute atomic E-state index is 0.0213. The van der Waals surface area contributed by atoms with Gasteiger partial charge in [-0.1, -0.05) is 0 Å². The van der Waals surface area contributed by atoms with Gasteiger partial charge >= 0.3 is 0 Å². The Morgan fingerprint density at radius 2 is 2.00 bits per heavy atom. The molecule has 1 atom stereocenters. The second kappa shape index (κ2) is 7.23. The van der Waals surface area contributed by atoms with Crippen molar-refractivity contribution < 1.29 is 9.21 Å². The highest BCUT2D eigenvalue weighted by atomic mass is 16.3. The molecule has 1 amide bonds. The molecule has 1 fully saturated rings. The van der Waals surface area contributed by atoms with Crippen molar-refractivity contribution in [2.75, 3.05) is 37.6 Å². The van der Waals surface area contributed by atoms with Crippen LogP contribution >= 0.6 is 0 Å². The van der Waals surface area contributed by atoms with E-state index in [4.69, 9.17) is 4.42 Å². The summed E-state index contributed by atoms with van der Waals surface area (Å²) < 4.78 is 5.33. The SMILES string of the molecule is C[C@@H](NCC(=O)N1CCN(c2ncccn2)CC1)c1ccco1. The van der Waals surface area contributed by atoms with E-state index in [1.54, 1.807) is 24.7 Å². The van der Waals surface area contributed by atoms with E-state index >= 15 is 0 Å². The number of furan rings is 1. The monoisotopic (exact) mass is 315 g/mol. The highest BCUT2D eigenvalue weighted by Crippen LogP contribution is 2.12. The third-order valence-corrected chi connectivity index (χ3v) is 4.00. The van der Waals surface area contributed by atoms with Crippen LogP contribution in [0.2, 0.25) is 0 Å². The van der Waals surface area contributed by atoms with Gasteiger partial charge in [0, 0.05) is 38.6 Å². The second-order valence-electron chi connectivity index (χ2n) is 5.53. The Morgan fingerprint density at radius 1 is 1.26 bits per heavy atom. The average molecular weight is 315 g/mol. The third-order valence-electron chi connectivity index (χ3n) is 4.00. The molecule has 2 aromatic rings. The molecule has 3 heterocycles. The zero-order valence-electron chi connectivity index (χ0n) is 13.2. The van der Waals surface area contributed by atoms with Crippen LogP contribution in [0.15, 0.2) is 41.3 Å². The van der Waals surface area contributed by atoms with Crippen molar-refractivity contribution in [2.45, 2.75) is 13.0 Å². The summed E-state index contributed by atoms with van der Waals surface area (Å²) in [6, 6.07) is 5.57. The molecule has 1 saturated heterocycles. The summed E-state index contributed by atoms with van der Waals surface area (Å²) in [6.07, 6.45) is 5.11. The van der Waals surface area contributed by atoms with Gasteiger partial charge in [0.05, 0.1) is 18.8 Å². The van der Waals surface area contributed by atoms with Gasteiger partial charge in [-0.2, -0.15) is 0 Å². The number of hydrogen-bond acceptors (Lipinski definition) is 6. The topological polar surface area (TPSA) is 74.5 Å². The number of amides is 1. The lowest BCUT2D eigenvalue weighted by molar-refractivity contribution is -0.130. The van der Waals surface area contributed by atoms with E-state index in [1.807, 2.05) is 24.0 Å². The molecule has 7 heteroatoms. The standard InChI is InChI=1S/C16H21N5O2/c1-13(14-4-2-11-23-14)19-12-15(22)20-7-9-21(10-8-20)16-17-5-3-6-18-16/h2-6,11,13,19H,7-10,12H2,1H3/t13-/m1/s1. The normalized spacial score (nSPS) is 16.4. The number of nitrogens with zero attached hydrogens (tertiary/aromatic N) is 4. The van der Waals surface area contributed by atoms with E-state index in [1.165, 1.54) is 0 Å². The Hall–Kier alpha value is -2.41. The second-order valence-corrected chi connectivity index (χ2v) is 5.53. The van der Waals surface area contributed by atoms with Crippen molar-refractivity contribution in [3.63, 3.8) is 0 Å². The summed E-state index contributed by atoms with van der Waals surface area (Å²) in [5.74, 6) is 1.67. The fraction of sp³-hybridized carbons (Fsp3) is 0.438. The van der Waals surface area contributed by atoms with Crippen LogP contribution in [0.4, 0.5) is 5.95 Å². The maximum Gasteiger partial charge on any atom is 0.236 e. The Balaban J connectivity index is 1.45. The van der Waals surface area contributed by atoms with Gasteiger partial charge in [-0.25, -0.2) is 9.97 Å². The summed E-state index contributed by atoms with van der Waals surface area (Å²) in [6.45, 7) is 5.18. The molecular weight excluding hydrogens is 294 g/mol. The van der Waals surface area contributed by atoms with Gasteiger partial charge in [0.15, 0.2) is 0 Å². The zero-order valence-corrected chi connectivity index (χ0v) is 13.2. The highest BCUT2D eigenvalue weighted by Gasteiger charge is 2.22. The minimum atomic E-state index is 0.0213. The number of hydrogen-bond donors (Lipinski definition) is 1. The molecule has 0 radical (unpaired) electrons. The Kier molecular flexibility index (Phi) is 4.87. The number of carbonyl (C=O) groups is 1. The van der Waals surface area contributed by atoms with Gasteiger partial charge in [0.2, 0.25) is 11.9 Å². The number of anilines is 1. The number of aromatic nitrogens is 2. The first-order valence-electron chi connectivity index (χ1n) is 7.80. The lowest BCUT2D eigenvalue weighted by Gasteiger charge is -2.34. The van der Waals surface area contributed by atoms with E-state index in [9.17, 15) is 4.79 Å². The molecule has 0 aliphatic carbocycles. The molecule has 1 N–H and O–H groups in total. The predicted octanol–water partition coefficient (Wildman–Crippen LogP) is 1.07. The molecule has 0 saturated carbocycles. The van der Waals surface area contributed by atoms with Crippen LogP contribution in [-0.2, 0) is 4.79 Å². The predicted molar refractivity (Wildman–Crippen MR) is 86.0 cm³/mol. The average Bonchev–Trinajstić information content (AvgIpc) is 3.15. The molecule has 0 spiro atoms. The fourth-order valence-corrected chi connectivity index (χ4v) is 2.60. The Morgan fingerprint density at radius 3 is 2.65 bits per heavy atom. The fourth-order valence-electron chi connectivity index (χ4n) is 2.60. The lowest BCUT2D eigenvalue weighted by Crippen LogP contribution is -2.51. The summed E-state index contributed by atoms with van der Waals surface area (Å²) in [7, 11) is 0. The van der Waals surface area contributed by atoms with Crippen molar-refractivity contribution in [1.29, 1.82) is 0 Å². The summed E-state index contributed by atoms with van der Waals surface area (Å²) in [5, 5.41) is 3.20. The van der Waals surface area contributed by atoms with Crippen molar-refractivity contribution in [3.8, 4) is 0 Å². The first kappa shape index (κ1) is 15.5.